The summed E-state index contributed by atoms with van der Waals surface area (Å²) in [4.78, 5) is -0.278. The maximum Gasteiger partial charge on any atom is 0.294 e. The van der Waals surface area contributed by atoms with Crippen molar-refractivity contribution in [2.75, 3.05) is 0 Å². The molecule has 2 N–H and O–H groups in total. The van der Waals surface area contributed by atoms with Crippen molar-refractivity contribution in [3.63, 3.8) is 0 Å². The third kappa shape index (κ3) is 6.65. The zero-order valence-corrected chi connectivity index (χ0v) is 20.5. The number of rotatable bonds is 7. The van der Waals surface area contributed by atoms with E-state index in [4.69, 9.17) is 9.11 Å². The van der Waals surface area contributed by atoms with Gasteiger partial charge in [0.2, 0.25) is 0 Å². The van der Waals surface area contributed by atoms with Gasteiger partial charge in [0.1, 0.15) is 0 Å². The molecule has 182 valence electrons. The third-order valence-corrected chi connectivity index (χ3v) is 7.18. The minimum absolute atomic E-state index is 0.139. The molecule has 0 fully saturated rings. The first-order valence-corrected chi connectivity index (χ1v) is 13.7. The molecule has 0 heterocycles. The van der Waals surface area contributed by atoms with E-state index in [0.29, 0.717) is 0 Å². The fraction of sp³-hybridized carbons (Fsp3) is 0. The quantitative estimate of drug-likeness (QED) is 0.223. The number of benzene rings is 4. The Morgan fingerprint density at radius 2 is 0.611 bits per heavy atom. The van der Waals surface area contributed by atoms with E-state index in [1.54, 1.807) is 24.3 Å². The Hall–Kier alpha value is -3.82. The molecule has 0 aliphatic rings. The highest BCUT2D eigenvalue weighted by atomic mass is 32.2. The molecular weight excluding hydrogens is 496 g/mol. The lowest BCUT2D eigenvalue weighted by atomic mass is 10.0. The molecule has 0 spiro atoms. The van der Waals surface area contributed by atoms with Crippen LogP contribution in [0, 0.1) is 0 Å². The number of hydrogen-bond donors (Lipinski definition) is 2. The van der Waals surface area contributed by atoms with Gasteiger partial charge < -0.3 is 0 Å². The van der Waals surface area contributed by atoms with E-state index >= 15 is 0 Å². The maximum atomic E-state index is 11.1. The van der Waals surface area contributed by atoms with Crippen molar-refractivity contribution < 1.29 is 25.9 Å². The lowest BCUT2D eigenvalue weighted by Gasteiger charge is -2.04. The second kappa shape index (κ2) is 10.4. The van der Waals surface area contributed by atoms with Crippen LogP contribution in [0.2, 0.25) is 0 Å². The zero-order chi connectivity index (χ0) is 25.8. The largest absolute Gasteiger partial charge is 0.294 e. The van der Waals surface area contributed by atoms with Gasteiger partial charge in [0.05, 0.1) is 9.79 Å². The molecule has 0 aliphatic heterocycles. The van der Waals surface area contributed by atoms with E-state index in [1.165, 1.54) is 24.3 Å². The van der Waals surface area contributed by atoms with E-state index in [1.807, 2.05) is 72.8 Å². The summed E-state index contributed by atoms with van der Waals surface area (Å²) in [7, 11) is -8.39. The topological polar surface area (TPSA) is 109 Å². The molecule has 0 saturated carbocycles. The van der Waals surface area contributed by atoms with Crippen molar-refractivity contribution in [3.8, 4) is 11.1 Å². The van der Waals surface area contributed by atoms with Crippen molar-refractivity contribution in [1.29, 1.82) is 0 Å². The van der Waals surface area contributed by atoms with Gasteiger partial charge in [0.15, 0.2) is 0 Å². The van der Waals surface area contributed by atoms with Crippen LogP contribution >= 0.6 is 0 Å². The third-order valence-electron chi connectivity index (χ3n) is 5.45. The summed E-state index contributed by atoms with van der Waals surface area (Å²) in [5.41, 5.74) is 5.70. The highest BCUT2D eigenvalue weighted by molar-refractivity contribution is 7.86. The molecule has 0 atom stereocenters. The minimum Gasteiger partial charge on any atom is -0.282 e. The monoisotopic (exact) mass is 518 g/mol. The first kappa shape index (κ1) is 25.3. The summed E-state index contributed by atoms with van der Waals surface area (Å²) < 4.78 is 62.6. The van der Waals surface area contributed by atoms with E-state index in [0.717, 1.165) is 33.4 Å². The maximum absolute atomic E-state index is 11.1. The van der Waals surface area contributed by atoms with Gasteiger partial charge in [-0.25, -0.2) is 0 Å². The highest BCUT2D eigenvalue weighted by Crippen LogP contribution is 2.22. The summed E-state index contributed by atoms with van der Waals surface area (Å²) in [6.07, 6.45) is 7.56. The van der Waals surface area contributed by atoms with Crippen LogP contribution in [0.5, 0.6) is 0 Å². The van der Waals surface area contributed by atoms with Gasteiger partial charge >= 0.3 is 0 Å². The molecule has 0 unspecified atom stereocenters. The van der Waals surface area contributed by atoms with Crippen molar-refractivity contribution >= 4 is 44.5 Å². The lowest BCUT2D eigenvalue weighted by Crippen LogP contribution is -1.97. The Morgan fingerprint density at radius 1 is 0.389 bits per heavy atom. The van der Waals surface area contributed by atoms with E-state index in [9.17, 15) is 16.8 Å². The normalized spacial score (nSPS) is 12.4. The van der Waals surface area contributed by atoms with Crippen LogP contribution in [0.3, 0.4) is 0 Å². The Kier molecular flexibility index (Phi) is 7.32. The van der Waals surface area contributed by atoms with Crippen LogP contribution in [0.25, 0.3) is 35.4 Å². The van der Waals surface area contributed by atoms with Gasteiger partial charge in [-0.2, -0.15) is 16.8 Å². The van der Waals surface area contributed by atoms with E-state index in [-0.39, 0.29) is 9.79 Å². The fourth-order valence-electron chi connectivity index (χ4n) is 3.46. The van der Waals surface area contributed by atoms with Crippen molar-refractivity contribution in [2.24, 2.45) is 0 Å². The van der Waals surface area contributed by atoms with Crippen molar-refractivity contribution in [3.05, 3.63) is 119 Å². The Morgan fingerprint density at radius 3 is 0.833 bits per heavy atom. The number of hydrogen-bond acceptors (Lipinski definition) is 4. The average Bonchev–Trinajstić information content (AvgIpc) is 2.86. The smallest absolute Gasteiger partial charge is 0.282 e. The molecule has 0 bridgehead atoms. The summed E-state index contributed by atoms with van der Waals surface area (Å²) in [6, 6.07) is 27.9. The Balaban J connectivity index is 1.40. The molecule has 0 aromatic heterocycles. The summed E-state index contributed by atoms with van der Waals surface area (Å²) >= 11 is 0. The van der Waals surface area contributed by atoms with Crippen LogP contribution in [0.1, 0.15) is 22.3 Å². The summed E-state index contributed by atoms with van der Waals surface area (Å²) in [5.74, 6) is 0. The molecule has 0 amide bonds. The highest BCUT2D eigenvalue weighted by Gasteiger charge is 2.08. The second-order valence-corrected chi connectivity index (χ2v) is 10.8. The van der Waals surface area contributed by atoms with E-state index < -0.39 is 20.2 Å². The van der Waals surface area contributed by atoms with Crippen LogP contribution in [-0.4, -0.2) is 25.9 Å². The molecular formula is C28H22O6S2. The molecule has 0 saturated heterocycles. The first-order chi connectivity index (χ1) is 17.1. The molecule has 6 nitrogen and oxygen atoms in total. The Labute approximate surface area is 210 Å². The molecule has 0 aliphatic carbocycles. The van der Waals surface area contributed by atoms with Crippen LogP contribution in [-0.2, 0) is 20.2 Å². The first-order valence-electron chi connectivity index (χ1n) is 10.8. The van der Waals surface area contributed by atoms with Gasteiger partial charge in [-0.3, -0.25) is 9.11 Å². The predicted molar refractivity (Wildman–Crippen MR) is 142 cm³/mol. The van der Waals surface area contributed by atoms with Crippen LogP contribution < -0.4 is 0 Å². The summed E-state index contributed by atoms with van der Waals surface area (Å²) in [6.45, 7) is 0. The lowest BCUT2D eigenvalue weighted by molar-refractivity contribution is 0.481. The molecule has 36 heavy (non-hydrogen) atoms. The van der Waals surface area contributed by atoms with Gasteiger partial charge in [-0.15, -0.1) is 0 Å². The zero-order valence-electron chi connectivity index (χ0n) is 18.9. The molecule has 4 aromatic rings. The van der Waals surface area contributed by atoms with Crippen LogP contribution in [0.4, 0.5) is 0 Å². The minimum atomic E-state index is -4.20. The molecule has 0 radical (unpaired) electrons. The SMILES string of the molecule is O=S(=O)(O)c1ccc(C=Cc2ccc(-c3ccc(C=Cc4ccc(S(=O)(=O)O)cc4)cc3)cc2)cc1. The molecule has 8 heteroatoms. The van der Waals surface area contributed by atoms with Gasteiger partial charge in [-0.1, -0.05) is 97.1 Å². The second-order valence-electron chi connectivity index (χ2n) is 8.00. The van der Waals surface area contributed by atoms with Crippen molar-refractivity contribution in [2.45, 2.75) is 9.79 Å². The Bertz CT molecular complexity index is 1490. The average molecular weight is 519 g/mol. The summed E-state index contributed by atoms with van der Waals surface area (Å²) in [5, 5.41) is 0. The van der Waals surface area contributed by atoms with E-state index in [2.05, 4.69) is 0 Å². The van der Waals surface area contributed by atoms with Crippen molar-refractivity contribution in [1.82, 2.24) is 0 Å². The van der Waals surface area contributed by atoms with Gasteiger partial charge in [0, 0.05) is 0 Å². The van der Waals surface area contributed by atoms with Crippen LogP contribution in [0.15, 0.2) is 107 Å². The molecule has 4 rings (SSSR count). The van der Waals surface area contributed by atoms with Gasteiger partial charge in [0.25, 0.3) is 20.2 Å². The predicted octanol–water partition coefficient (Wildman–Crippen LogP) is 6.19. The molecule has 4 aromatic carbocycles. The van der Waals surface area contributed by atoms with Gasteiger partial charge in [-0.05, 0) is 57.6 Å². The standard InChI is InChI=1S/C28H22O6S2/c29-35(30,31)27-17-9-23(10-18-27)3-1-21-5-13-25(14-6-21)26-15-7-22(8-16-26)2-4-24-11-19-28(20-12-24)36(32,33)34/h1-20H,(H,29,30,31)(H,32,33,34). The fourth-order valence-corrected chi connectivity index (χ4v) is 4.42.